The zero-order valence-corrected chi connectivity index (χ0v) is 15.0. The van der Waals surface area contributed by atoms with Gasteiger partial charge in [-0.3, -0.25) is 14.4 Å². The molecule has 0 amide bonds. The fourth-order valence-electron chi connectivity index (χ4n) is 5.86. The first-order chi connectivity index (χ1) is 11.1. The number of carbonyl (C=O) groups is 3. The fraction of sp³-hybridized carbons (Fsp3) is 0.750. The van der Waals surface area contributed by atoms with E-state index >= 15 is 0 Å². The average Bonchev–Trinajstić information content (AvgIpc) is 2.56. The highest BCUT2D eigenvalue weighted by molar-refractivity contribution is 6.44. The van der Waals surface area contributed by atoms with E-state index in [1.54, 1.807) is 0 Å². The van der Waals surface area contributed by atoms with E-state index in [2.05, 4.69) is 20.4 Å². The van der Waals surface area contributed by atoms with Crippen molar-refractivity contribution in [2.75, 3.05) is 6.61 Å². The van der Waals surface area contributed by atoms with Crippen molar-refractivity contribution in [2.24, 2.45) is 28.1 Å². The number of rotatable bonds is 2. The number of fused-ring (bicyclic) bond motifs is 3. The van der Waals surface area contributed by atoms with Crippen molar-refractivity contribution < 1.29 is 19.5 Å². The molecular formula is C20H28O4. The van der Waals surface area contributed by atoms with Crippen LogP contribution in [0.25, 0.3) is 0 Å². The SMILES string of the molecule is C=C1C(=O)C(=O)C[C@@H]2[C@]3(C)CC[C@](C)(C(=O)CO)C[C@@H]3CC[C@]12C. The second-order valence-corrected chi connectivity index (χ2v) is 8.99. The number of Topliss-reactive ketones (excluding diaryl/α,β-unsaturated/α-hetero) is 3. The van der Waals surface area contributed by atoms with Gasteiger partial charge >= 0.3 is 0 Å². The summed E-state index contributed by atoms with van der Waals surface area (Å²) in [5.41, 5.74) is -0.326. The molecule has 5 atom stereocenters. The summed E-state index contributed by atoms with van der Waals surface area (Å²) in [6.07, 6.45) is 4.46. The van der Waals surface area contributed by atoms with Crippen LogP contribution in [-0.4, -0.2) is 29.1 Å². The van der Waals surface area contributed by atoms with Gasteiger partial charge in [0.1, 0.15) is 6.61 Å². The number of aliphatic hydroxyl groups excluding tert-OH is 1. The quantitative estimate of drug-likeness (QED) is 0.623. The van der Waals surface area contributed by atoms with E-state index in [4.69, 9.17) is 0 Å². The van der Waals surface area contributed by atoms with Crippen LogP contribution in [-0.2, 0) is 14.4 Å². The number of aliphatic hydroxyl groups is 1. The van der Waals surface area contributed by atoms with Crippen LogP contribution in [0.1, 0.15) is 59.3 Å². The van der Waals surface area contributed by atoms with Crippen molar-refractivity contribution in [3.8, 4) is 0 Å². The number of hydrogen-bond donors (Lipinski definition) is 1. The summed E-state index contributed by atoms with van der Waals surface area (Å²) >= 11 is 0. The van der Waals surface area contributed by atoms with Crippen LogP contribution in [0, 0.1) is 28.1 Å². The first-order valence-electron chi connectivity index (χ1n) is 8.99. The van der Waals surface area contributed by atoms with E-state index in [0.717, 1.165) is 32.1 Å². The Morgan fingerprint density at radius 2 is 1.88 bits per heavy atom. The predicted molar refractivity (Wildman–Crippen MR) is 90.2 cm³/mol. The van der Waals surface area contributed by atoms with Crippen molar-refractivity contribution in [2.45, 2.75) is 59.3 Å². The highest BCUT2D eigenvalue weighted by Gasteiger charge is 2.61. The molecule has 0 bridgehead atoms. The van der Waals surface area contributed by atoms with Crippen LogP contribution in [0.2, 0.25) is 0 Å². The first-order valence-corrected chi connectivity index (χ1v) is 8.99. The number of ketones is 3. The number of hydrogen-bond acceptors (Lipinski definition) is 4. The lowest BCUT2D eigenvalue weighted by Gasteiger charge is -2.61. The molecule has 0 saturated heterocycles. The minimum atomic E-state index is -0.460. The van der Waals surface area contributed by atoms with Crippen molar-refractivity contribution in [1.82, 2.24) is 0 Å². The molecule has 3 saturated carbocycles. The van der Waals surface area contributed by atoms with Crippen LogP contribution in [0.5, 0.6) is 0 Å². The van der Waals surface area contributed by atoms with E-state index in [0.29, 0.717) is 17.9 Å². The summed E-state index contributed by atoms with van der Waals surface area (Å²) in [4.78, 5) is 36.6. The Kier molecular flexibility index (Phi) is 3.91. The third-order valence-electron chi connectivity index (χ3n) is 7.85. The fourth-order valence-corrected chi connectivity index (χ4v) is 5.86. The molecule has 0 spiro atoms. The standard InChI is InChI=1S/C20H28O4/c1-12-17(24)14(22)9-15-19(12,3)6-5-13-10-18(2,16(23)11-21)7-8-20(13,15)4/h13,15,21H,1,5-11H2,2-4H3/t13-,15-,18-,19+,20+/m0/s1. The molecule has 4 heteroatoms. The molecule has 0 radical (unpaired) electrons. The average molecular weight is 332 g/mol. The molecule has 4 nitrogen and oxygen atoms in total. The molecule has 3 aliphatic carbocycles. The Balaban J connectivity index is 1.95. The smallest absolute Gasteiger partial charge is 0.224 e. The minimum absolute atomic E-state index is 0.0540. The highest BCUT2D eigenvalue weighted by Crippen LogP contribution is 2.66. The first kappa shape index (κ1) is 17.5. The van der Waals surface area contributed by atoms with Gasteiger partial charge in [0.15, 0.2) is 5.78 Å². The molecule has 3 rings (SSSR count). The van der Waals surface area contributed by atoms with Gasteiger partial charge in [0.25, 0.3) is 0 Å². The Morgan fingerprint density at radius 3 is 2.50 bits per heavy atom. The molecule has 0 aromatic heterocycles. The van der Waals surface area contributed by atoms with Gasteiger partial charge in [-0.2, -0.15) is 0 Å². The van der Waals surface area contributed by atoms with Crippen molar-refractivity contribution in [1.29, 1.82) is 0 Å². The lowest BCUT2D eigenvalue weighted by atomic mass is 9.42. The second kappa shape index (κ2) is 5.35. The molecule has 0 aromatic rings. The maximum atomic E-state index is 12.2. The second-order valence-electron chi connectivity index (χ2n) is 8.99. The maximum Gasteiger partial charge on any atom is 0.224 e. The summed E-state index contributed by atoms with van der Waals surface area (Å²) in [5, 5.41) is 9.30. The normalized spacial score (nSPS) is 45.6. The van der Waals surface area contributed by atoms with Gasteiger partial charge in [-0.1, -0.05) is 27.4 Å². The third kappa shape index (κ3) is 2.18. The summed E-state index contributed by atoms with van der Waals surface area (Å²) in [6, 6.07) is 0. The van der Waals surface area contributed by atoms with Crippen LogP contribution in [0.15, 0.2) is 12.2 Å². The van der Waals surface area contributed by atoms with Crippen molar-refractivity contribution in [3.05, 3.63) is 12.2 Å². The Bertz CT molecular complexity index is 636. The summed E-state index contributed by atoms with van der Waals surface area (Å²) in [6.45, 7) is 9.88. The summed E-state index contributed by atoms with van der Waals surface area (Å²) in [7, 11) is 0. The molecule has 24 heavy (non-hydrogen) atoms. The maximum absolute atomic E-state index is 12.2. The molecule has 0 aromatic carbocycles. The largest absolute Gasteiger partial charge is 0.389 e. The van der Waals surface area contributed by atoms with Crippen LogP contribution < -0.4 is 0 Å². The lowest BCUT2D eigenvalue weighted by Crippen LogP contribution is -2.57. The van der Waals surface area contributed by atoms with Crippen molar-refractivity contribution in [3.63, 3.8) is 0 Å². The van der Waals surface area contributed by atoms with Crippen molar-refractivity contribution >= 4 is 17.3 Å². The molecular weight excluding hydrogens is 304 g/mol. The highest BCUT2D eigenvalue weighted by atomic mass is 16.3. The van der Waals surface area contributed by atoms with Crippen LogP contribution in [0.3, 0.4) is 0 Å². The zero-order chi connectivity index (χ0) is 17.9. The molecule has 1 N–H and O–H groups in total. The van der Waals surface area contributed by atoms with Gasteiger partial charge in [-0.05, 0) is 54.8 Å². The van der Waals surface area contributed by atoms with Gasteiger partial charge in [-0.15, -0.1) is 0 Å². The molecule has 0 unspecified atom stereocenters. The van der Waals surface area contributed by atoms with Gasteiger partial charge < -0.3 is 5.11 Å². The van der Waals surface area contributed by atoms with E-state index in [-0.39, 0.29) is 34.1 Å². The van der Waals surface area contributed by atoms with Crippen LogP contribution in [0.4, 0.5) is 0 Å². The van der Waals surface area contributed by atoms with E-state index in [9.17, 15) is 19.5 Å². The summed E-state index contributed by atoms with van der Waals surface area (Å²) < 4.78 is 0. The summed E-state index contributed by atoms with van der Waals surface area (Å²) in [5.74, 6) is -0.290. The van der Waals surface area contributed by atoms with Gasteiger partial charge in [-0.25, -0.2) is 0 Å². The molecule has 0 heterocycles. The minimum Gasteiger partial charge on any atom is -0.389 e. The third-order valence-corrected chi connectivity index (χ3v) is 7.85. The molecule has 132 valence electrons. The predicted octanol–water partition coefficient (Wildman–Crippen LogP) is 2.87. The monoisotopic (exact) mass is 332 g/mol. The Morgan fingerprint density at radius 1 is 1.21 bits per heavy atom. The van der Waals surface area contributed by atoms with Gasteiger partial charge in [0.05, 0.1) is 0 Å². The number of allylic oxidation sites excluding steroid dienone is 1. The zero-order valence-electron chi connectivity index (χ0n) is 15.0. The lowest BCUT2D eigenvalue weighted by molar-refractivity contribution is -0.154. The Hall–Kier alpha value is -1.29. The van der Waals surface area contributed by atoms with Crippen LogP contribution >= 0.6 is 0 Å². The van der Waals surface area contributed by atoms with E-state index < -0.39 is 12.0 Å². The molecule has 0 aliphatic heterocycles. The number of carbonyl (C=O) groups excluding carboxylic acids is 3. The molecule has 3 aliphatic rings. The van der Waals surface area contributed by atoms with Gasteiger partial charge in [0.2, 0.25) is 11.6 Å². The van der Waals surface area contributed by atoms with E-state index in [1.807, 2.05) is 6.92 Å². The van der Waals surface area contributed by atoms with E-state index in [1.165, 1.54) is 0 Å². The van der Waals surface area contributed by atoms with Gasteiger partial charge in [0, 0.05) is 17.4 Å². The molecule has 3 fully saturated rings. The topological polar surface area (TPSA) is 71.4 Å². The Labute approximate surface area is 143 Å².